The first-order valence-electron chi connectivity index (χ1n) is 31.9. The van der Waals surface area contributed by atoms with Crippen molar-refractivity contribution in [1.82, 2.24) is 0 Å². The number of phosphoric ester groups is 1. The van der Waals surface area contributed by atoms with Gasteiger partial charge in [-0.3, -0.25) is 14.2 Å². The Morgan fingerprint density at radius 3 is 1.00 bits per heavy atom. The summed E-state index contributed by atoms with van der Waals surface area (Å²) in [6.07, 6.45) is 86.5. The summed E-state index contributed by atoms with van der Waals surface area (Å²) in [5, 5.41) is 0. The first-order valence-corrected chi connectivity index (χ1v) is 33.4. The normalized spacial score (nSPS) is 14.1. The Morgan fingerprint density at radius 2 is 0.675 bits per heavy atom. The number of phosphoric acid groups is 1. The summed E-state index contributed by atoms with van der Waals surface area (Å²) in [6, 6.07) is 0. The van der Waals surface area contributed by atoms with E-state index in [1.165, 1.54) is 83.5 Å². The zero-order valence-electron chi connectivity index (χ0n) is 51.7. The molecule has 0 aromatic carbocycles. The minimum absolute atomic E-state index is 0.0401. The molecule has 0 aliphatic carbocycles. The number of ether oxygens (including phenoxy) is 2. The van der Waals surface area contributed by atoms with Crippen LogP contribution < -0.4 is 4.89 Å². The van der Waals surface area contributed by atoms with E-state index >= 15 is 0 Å². The minimum atomic E-state index is -4.65. The van der Waals surface area contributed by atoms with Crippen LogP contribution in [-0.2, 0) is 32.7 Å². The van der Waals surface area contributed by atoms with E-state index in [0.717, 1.165) is 122 Å². The van der Waals surface area contributed by atoms with Crippen LogP contribution in [0.1, 0.15) is 245 Å². The van der Waals surface area contributed by atoms with Crippen LogP contribution in [0.3, 0.4) is 0 Å². The van der Waals surface area contributed by atoms with Gasteiger partial charge in [-0.1, -0.05) is 257 Å². The highest BCUT2D eigenvalue weighted by Gasteiger charge is 2.22. The number of rotatable bonds is 57. The number of nitrogens with zero attached hydrogens (tertiary/aromatic N) is 1. The van der Waals surface area contributed by atoms with Crippen LogP contribution >= 0.6 is 7.82 Å². The highest BCUT2D eigenvalue weighted by Crippen LogP contribution is 2.38. The molecule has 0 radical (unpaired) electrons. The van der Waals surface area contributed by atoms with Gasteiger partial charge < -0.3 is 27.9 Å². The summed E-state index contributed by atoms with van der Waals surface area (Å²) in [5.74, 6) is -0.859. The predicted octanol–water partition coefficient (Wildman–Crippen LogP) is 19.9. The minimum Gasteiger partial charge on any atom is -0.756 e. The molecule has 0 saturated carbocycles. The Kier molecular flexibility index (Phi) is 56.9. The van der Waals surface area contributed by atoms with Gasteiger partial charge in [0.25, 0.3) is 7.82 Å². The SMILES string of the molecule is CC/C=C\C/C=C\C/C=C\C/C=C\C/C=C\C/C=C\CCCCCCCCCCCCCCCCCCC(=O)OC(COC(=O)CCCCCCC/C=C\C/C=C\C/C=C\C/C=C\C/C=C\CC)COP(=O)([O-])OCC[N+](C)(C)C. The van der Waals surface area contributed by atoms with Crippen LogP contribution in [0, 0.1) is 0 Å². The van der Waals surface area contributed by atoms with Crippen LogP contribution in [0.5, 0.6) is 0 Å². The second-order valence-corrected chi connectivity index (χ2v) is 23.4. The standard InChI is InChI=1S/C70H118NO8P/c1-6-8-10-12-14-16-18-20-22-24-26-28-29-30-31-32-33-34-35-36-37-38-39-40-41-43-45-47-49-51-53-55-57-59-61-63-70(73)79-68(67-78-80(74,75)77-65-64-71(3,4)5)66-76-69(72)62-60-58-56-54-52-50-48-46-44-42-27-25-23-21-19-17-15-13-11-9-7-2/h8-11,14-17,20-23,26-28,30-31,33-34,42,46,48,68H,6-7,12-13,18-19,24-25,29,32,35-41,43-45,47,49-67H2,1-5H3/b10-8-,11-9-,16-14-,17-15-,22-20-,23-21-,28-26-,31-30-,34-33-,42-27-,48-46-. The smallest absolute Gasteiger partial charge is 0.306 e. The first-order chi connectivity index (χ1) is 39.0. The average Bonchev–Trinajstić information content (AvgIpc) is 3.42. The molecular weight excluding hydrogens is 1010 g/mol. The molecule has 9 nitrogen and oxygen atoms in total. The number of hydrogen-bond donors (Lipinski definition) is 0. The van der Waals surface area contributed by atoms with Gasteiger partial charge in [0.15, 0.2) is 6.10 Å². The van der Waals surface area contributed by atoms with Gasteiger partial charge in [-0.05, 0) is 109 Å². The van der Waals surface area contributed by atoms with Crippen molar-refractivity contribution in [2.75, 3.05) is 47.5 Å². The summed E-state index contributed by atoms with van der Waals surface area (Å²) < 4.78 is 34.2. The molecule has 0 N–H and O–H groups in total. The Morgan fingerprint density at radius 1 is 0.388 bits per heavy atom. The third kappa shape index (κ3) is 63.3. The molecular formula is C70H118NO8P. The molecule has 0 aromatic heterocycles. The fraction of sp³-hybridized carbons (Fsp3) is 0.657. The van der Waals surface area contributed by atoms with Crippen LogP contribution in [0.4, 0.5) is 0 Å². The number of unbranched alkanes of at least 4 members (excludes halogenated alkanes) is 21. The summed E-state index contributed by atoms with van der Waals surface area (Å²) in [7, 11) is 1.14. The van der Waals surface area contributed by atoms with Gasteiger partial charge in [0.2, 0.25) is 0 Å². The zero-order valence-corrected chi connectivity index (χ0v) is 52.6. The van der Waals surface area contributed by atoms with Crippen molar-refractivity contribution in [2.24, 2.45) is 0 Å². The highest BCUT2D eigenvalue weighted by molar-refractivity contribution is 7.45. The molecule has 0 aromatic rings. The Balaban J connectivity index is 4.11. The molecule has 0 amide bonds. The monoisotopic (exact) mass is 1130 g/mol. The third-order valence-corrected chi connectivity index (χ3v) is 14.1. The molecule has 0 spiro atoms. The van der Waals surface area contributed by atoms with Gasteiger partial charge in [0.05, 0.1) is 27.7 Å². The predicted molar refractivity (Wildman–Crippen MR) is 341 cm³/mol. The molecule has 0 heterocycles. The number of quaternary nitrogens is 1. The Bertz CT molecular complexity index is 1810. The molecule has 0 aliphatic rings. The molecule has 0 saturated heterocycles. The third-order valence-electron chi connectivity index (χ3n) is 13.2. The van der Waals surface area contributed by atoms with Crippen LogP contribution in [0.2, 0.25) is 0 Å². The van der Waals surface area contributed by atoms with E-state index in [1.54, 1.807) is 0 Å². The van der Waals surface area contributed by atoms with Crippen LogP contribution in [0.25, 0.3) is 0 Å². The molecule has 0 fully saturated rings. The molecule has 2 unspecified atom stereocenters. The number of carbonyl (C=O) groups is 2. The number of hydrogen-bond acceptors (Lipinski definition) is 8. The fourth-order valence-corrected chi connectivity index (χ4v) is 9.06. The lowest BCUT2D eigenvalue weighted by Crippen LogP contribution is -2.37. The van der Waals surface area contributed by atoms with Crippen molar-refractivity contribution >= 4 is 19.8 Å². The van der Waals surface area contributed by atoms with Gasteiger partial charge in [-0.2, -0.15) is 0 Å². The fourth-order valence-electron chi connectivity index (χ4n) is 8.33. The van der Waals surface area contributed by atoms with Gasteiger partial charge in [-0.15, -0.1) is 0 Å². The van der Waals surface area contributed by atoms with E-state index in [0.29, 0.717) is 23.9 Å². The summed E-state index contributed by atoms with van der Waals surface area (Å²) in [6.45, 7) is 3.99. The summed E-state index contributed by atoms with van der Waals surface area (Å²) in [4.78, 5) is 38.0. The zero-order chi connectivity index (χ0) is 58.4. The molecule has 10 heteroatoms. The molecule has 0 bridgehead atoms. The maximum absolute atomic E-state index is 12.8. The number of likely N-dealkylation sites (N-methyl/N-ethyl adjacent to an activating group) is 1. The second-order valence-electron chi connectivity index (χ2n) is 22.0. The quantitative estimate of drug-likeness (QED) is 0.0195. The van der Waals surface area contributed by atoms with E-state index in [1.807, 2.05) is 21.1 Å². The Hall–Kier alpha value is -3.85. The lowest BCUT2D eigenvalue weighted by Gasteiger charge is -2.28. The lowest BCUT2D eigenvalue weighted by atomic mass is 10.0. The van der Waals surface area contributed by atoms with E-state index in [2.05, 4.69) is 148 Å². The number of esters is 2. The number of carbonyl (C=O) groups excluding carboxylic acids is 2. The van der Waals surface area contributed by atoms with Crippen molar-refractivity contribution in [3.63, 3.8) is 0 Å². The summed E-state index contributed by atoms with van der Waals surface area (Å²) >= 11 is 0. The first kappa shape index (κ1) is 76.1. The lowest BCUT2D eigenvalue weighted by molar-refractivity contribution is -0.870. The van der Waals surface area contributed by atoms with Gasteiger partial charge >= 0.3 is 11.9 Å². The van der Waals surface area contributed by atoms with Crippen LogP contribution in [0.15, 0.2) is 134 Å². The topological polar surface area (TPSA) is 111 Å². The largest absolute Gasteiger partial charge is 0.756 e. The van der Waals surface area contributed by atoms with Gasteiger partial charge in [0.1, 0.15) is 19.8 Å². The van der Waals surface area contributed by atoms with Gasteiger partial charge in [0, 0.05) is 12.8 Å². The van der Waals surface area contributed by atoms with Crippen LogP contribution in [-0.4, -0.2) is 70.0 Å². The molecule has 456 valence electrons. The molecule has 2 atom stereocenters. The Labute approximate surface area is 491 Å². The van der Waals surface area contributed by atoms with E-state index in [-0.39, 0.29) is 26.1 Å². The number of allylic oxidation sites excluding steroid dienone is 22. The van der Waals surface area contributed by atoms with Gasteiger partial charge in [-0.25, -0.2) is 0 Å². The van der Waals surface area contributed by atoms with E-state index < -0.39 is 32.5 Å². The average molecular weight is 1130 g/mol. The van der Waals surface area contributed by atoms with E-state index in [9.17, 15) is 19.0 Å². The highest BCUT2D eigenvalue weighted by atomic mass is 31.2. The molecule has 80 heavy (non-hydrogen) atoms. The van der Waals surface area contributed by atoms with Crippen molar-refractivity contribution in [3.8, 4) is 0 Å². The summed E-state index contributed by atoms with van der Waals surface area (Å²) in [5.41, 5.74) is 0. The van der Waals surface area contributed by atoms with Crippen molar-refractivity contribution in [1.29, 1.82) is 0 Å². The maximum Gasteiger partial charge on any atom is 0.306 e. The van der Waals surface area contributed by atoms with Crippen molar-refractivity contribution < 1.29 is 42.1 Å². The maximum atomic E-state index is 12.8. The van der Waals surface area contributed by atoms with Crippen molar-refractivity contribution in [2.45, 2.75) is 251 Å². The molecule has 0 rings (SSSR count). The van der Waals surface area contributed by atoms with E-state index in [4.69, 9.17) is 18.5 Å². The second kappa shape index (κ2) is 59.8. The van der Waals surface area contributed by atoms with Crippen molar-refractivity contribution in [3.05, 3.63) is 134 Å². The molecule has 0 aliphatic heterocycles.